The van der Waals surface area contributed by atoms with Gasteiger partial charge in [0.25, 0.3) is 0 Å². The van der Waals surface area contributed by atoms with Crippen LogP contribution in [0.15, 0.2) is 34.7 Å². The summed E-state index contributed by atoms with van der Waals surface area (Å²) < 4.78 is 27.5. The molecule has 108 valence electrons. The van der Waals surface area contributed by atoms with Crippen LogP contribution in [-0.4, -0.2) is 13.4 Å². The van der Waals surface area contributed by atoms with E-state index in [0.29, 0.717) is 10.0 Å². The van der Waals surface area contributed by atoms with Crippen molar-refractivity contribution in [1.82, 2.24) is 9.71 Å². The average molecular weight is 332 g/mol. The number of nitrogens with one attached hydrogen (secondary N) is 1. The summed E-state index contributed by atoms with van der Waals surface area (Å²) in [6, 6.07) is 4.34. The summed E-state index contributed by atoms with van der Waals surface area (Å²) >= 11 is 7.21. The number of nitrogen functional groups attached to an aromatic ring is 1. The highest BCUT2D eigenvalue weighted by Crippen LogP contribution is 2.28. The Hall–Kier alpha value is -1.15. The first-order chi connectivity index (χ1) is 9.22. The quantitative estimate of drug-likeness (QED) is 0.843. The minimum atomic E-state index is -3.79. The molecular formula is C12H14ClN3O2S2. The van der Waals surface area contributed by atoms with E-state index in [1.54, 1.807) is 31.5 Å². The van der Waals surface area contributed by atoms with Crippen LogP contribution in [0.25, 0.3) is 0 Å². The summed E-state index contributed by atoms with van der Waals surface area (Å²) in [4.78, 5) is 4.11. The highest BCUT2D eigenvalue weighted by atomic mass is 35.5. The first-order valence-corrected chi connectivity index (χ1v) is 8.45. The van der Waals surface area contributed by atoms with Crippen LogP contribution in [0.3, 0.4) is 0 Å². The normalized spacial score (nSPS) is 12.6. The van der Waals surface area contributed by atoms with Crippen molar-refractivity contribution in [3.05, 3.63) is 39.8 Å². The summed E-state index contributed by atoms with van der Waals surface area (Å²) in [5, 5.41) is 2.77. The molecule has 0 fully saturated rings. The van der Waals surface area contributed by atoms with E-state index in [2.05, 4.69) is 9.71 Å². The predicted molar refractivity (Wildman–Crippen MR) is 81.3 cm³/mol. The fourth-order valence-electron chi connectivity index (χ4n) is 1.71. The second-order valence-electron chi connectivity index (χ2n) is 4.75. The van der Waals surface area contributed by atoms with Gasteiger partial charge in [-0.3, -0.25) is 0 Å². The molecule has 1 heterocycles. The smallest absolute Gasteiger partial charge is 0.243 e. The van der Waals surface area contributed by atoms with Crippen LogP contribution in [-0.2, 0) is 15.6 Å². The Kier molecular flexibility index (Phi) is 4.06. The first-order valence-electron chi connectivity index (χ1n) is 5.71. The number of anilines is 1. The minimum absolute atomic E-state index is 0.0327. The molecule has 2 rings (SSSR count). The van der Waals surface area contributed by atoms with Gasteiger partial charge < -0.3 is 5.73 Å². The van der Waals surface area contributed by atoms with Crippen molar-refractivity contribution in [2.75, 3.05) is 5.73 Å². The lowest BCUT2D eigenvalue weighted by molar-refractivity contribution is 0.470. The Morgan fingerprint density at radius 1 is 1.40 bits per heavy atom. The Morgan fingerprint density at radius 2 is 2.10 bits per heavy atom. The largest absolute Gasteiger partial charge is 0.398 e. The SMILES string of the molecule is CC(C)(NS(=O)(=O)c1cc(Cl)ccc1N)c1nccs1. The molecular weight excluding hydrogens is 318 g/mol. The van der Waals surface area contributed by atoms with Gasteiger partial charge in [-0.1, -0.05) is 11.6 Å². The molecule has 20 heavy (non-hydrogen) atoms. The maximum atomic E-state index is 12.4. The van der Waals surface area contributed by atoms with Crippen LogP contribution in [0.1, 0.15) is 18.9 Å². The summed E-state index contributed by atoms with van der Waals surface area (Å²) in [6.45, 7) is 3.48. The lowest BCUT2D eigenvalue weighted by atomic mass is 10.1. The van der Waals surface area contributed by atoms with Gasteiger partial charge in [0.05, 0.1) is 11.2 Å². The monoisotopic (exact) mass is 331 g/mol. The third-order valence-electron chi connectivity index (χ3n) is 2.62. The second-order valence-corrected chi connectivity index (χ2v) is 7.73. The standard InChI is InChI=1S/C12H14ClN3O2S2/c1-12(2,11-15-5-6-19-11)16-20(17,18)10-7-8(13)3-4-9(10)14/h3-7,16H,14H2,1-2H3. The van der Waals surface area contributed by atoms with Crippen molar-refractivity contribution in [2.24, 2.45) is 0 Å². The number of nitrogens with zero attached hydrogens (tertiary/aromatic N) is 1. The van der Waals surface area contributed by atoms with Gasteiger partial charge in [-0.05, 0) is 32.0 Å². The van der Waals surface area contributed by atoms with Crippen molar-refractivity contribution in [3.8, 4) is 0 Å². The van der Waals surface area contributed by atoms with E-state index in [1.807, 2.05) is 0 Å². The number of benzene rings is 1. The summed E-state index contributed by atoms with van der Waals surface area (Å²) in [6.07, 6.45) is 1.63. The van der Waals surface area contributed by atoms with E-state index in [-0.39, 0.29) is 10.6 Å². The second kappa shape index (κ2) is 5.33. The van der Waals surface area contributed by atoms with Gasteiger partial charge in [0, 0.05) is 16.6 Å². The third-order valence-corrected chi connectivity index (χ3v) is 5.67. The predicted octanol–water partition coefficient (Wildman–Crippen LogP) is 2.59. The van der Waals surface area contributed by atoms with Gasteiger partial charge in [0.2, 0.25) is 10.0 Å². The van der Waals surface area contributed by atoms with Crippen molar-refractivity contribution in [1.29, 1.82) is 0 Å². The Bertz CT molecular complexity index is 712. The van der Waals surface area contributed by atoms with Crippen LogP contribution in [0.2, 0.25) is 5.02 Å². The molecule has 0 atom stereocenters. The fraction of sp³-hybridized carbons (Fsp3) is 0.250. The summed E-state index contributed by atoms with van der Waals surface area (Å²) in [5.41, 5.74) is 5.04. The number of hydrogen-bond donors (Lipinski definition) is 2. The zero-order valence-electron chi connectivity index (χ0n) is 10.9. The molecule has 0 bridgehead atoms. The number of halogens is 1. The van der Waals surface area contributed by atoms with Crippen molar-refractivity contribution in [3.63, 3.8) is 0 Å². The maximum Gasteiger partial charge on any atom is 0.243 e. The van der Waals surface area contributed by atoms with Crippen molar-refractivity contribution < 1.29 is 8.42 Å². The Balaban J connectivity index is 2.39. The molecule has 0 spiro atoms. The van der Waals surface area contributed by atoms with E-state index < -0.39 is 15.6 Å². The van der Waals surface area contributed by atoms with E-state index in [4.69, 9.17) is 17.3 Å². The highest BCUT2D eigenvalue weighted by Gasteiger charge is 2.31. The van der Waals surface area contributed by atoms with Gasteiger partial charge in [-0.15, -0.1) is 11.3 Å². The number of nitrogens with two attached hydrogens (primary N) is 1. The topological polar surface area (TPSA) is 85.1 Å². The highest BCUT2D eigenvalue weighted by molar-refractivity contribution is 7.89. The summed E-state index contributed by atoms with van der Waals surface area (Å²) in [7, 11) is -3.79. The number of aromatic nitrogens is 1. The molecule has 1 aromatic heterocycles. The number of rotatable bonds is 4. The van der Waals surface area contributed by atoms with E-state index >= 15 is 0 Å². The lowest BCUT2D eigenvalue weighted by Crippen LogP contribution is -2.41. The number of thiazole rings is 1. The van der Waals surface area contributed by atoms with Crippen molar-refractivity contribution in [2.45, 2.75) is 24.3 Å². The molecule has 0 saturated carbocycles. The molecule has 0 unspecified atom stereocenters. The summed E-state index contributed by atoms with van der Waals surface area (Å²) in [5.74, 6) is 0. The molecule has 1 aromatic carbocycles. The molecule has 8 heteroatoms. The molecule has 0 radical (unpaired) electrons. The molecule has 0 saturated heterocycles. The maximum absolute atomic E-state index is 12.4. The van der Waals surface area contributed by atoms with Crippen LogP contribution in [0, 0.1) is 0 Å². The molecule has 2 aromatic rings. The number of hydrogen-bond acceptors (Lipinski definition) is 5. The van der Waals surface area contributed by atoms with Crippen molar-refractivity contribution >= 4 is 38.6 Å². The Labute approximate surface area is 126 Å². The van der Waals surface area contributed by atoms with Gasteiger partial charge in [0.15, 0.2) is 0 Å². The van der Waals surface area contributed by atoms with E-state index in [0.717, 1.165) is 0 Å². The van der Waals surface area contributed by atoms with Gasteiger partial charge in [-0.2, -0.15) is 4.72 Å². The third kappa shape index (κ3) is 3.12. The van der Waals surface area contributed by atoms with Gasteiger partial charge in [0.1, 0.15) is 9.90 Å². The molecule has 0 aliphatic carbocycles. The van der Waals surface area contributed by atoms with Crippen LogP contribution in [0.5, 0.6) is 0 Å². The van der Waals surface area contributed by atoms with E-state index in [9.17, 15) is 8.42 Å². The first kappa shape index (κ1) is 15.2. The van der Waals surface area contributed by atoms with Crippen LogP contribution >= 0.6 is 22.9 Å². The molecule has 0 amide bonds. The zero-order chi connectivity index (χ0) is 15.0. The number of sulfonamides is 1. The van der Waals surface area contributed by atoms with Crippen LogP contribution < -0.4 is 10.5 Å². The minimum Gasteiger partial charge on any atom is -0.398 e. The molecule has 0 aliphatic rings. The molecule has 0 aliphatic heterocycles. The average Bonchev–Trinajstić information content (AvgIpc) is 2.85. The Morgan fingerprint density at radius 3 is 2.70 bits per heavy atom. The van der Waals surface area contributed by atoms with Gasteiger partial charge >= 0.3 is 0 Å². The fourth-order valence-corrected chi connectivity index (χ4v) is 4.27. The lowest BCUT2D eigenvalue weighted by Gasteiger charge is -2.24. The van der Waals surface area contributed by atoms with Gasteiger partial charge in [-0.25, -0.2) is 13.4 Å². The molecule has 3 N–H and O–H groups in total. The van der Waals surface area contributed by atoms with Crippen LogP contribution in [0.4, 0.5) is 5.69 Å². The zero-order valence-corrected chi connectivity index (χ0v) is 13.3. The van der Waals surface area contributed by atoms with E-state index in [1.165, 1.54) is 23.5 Å². The molecule has 5 nitrogen and oxygen atoms in total.